The maximum Gasteiger partial charge on any atom is 0.189 e. The van der Waals surface area contributed by atoms with Gasteiger partial charge in [-0.05, 0) is 29.2 Å². The Hall–Kier alpha value is -3.25. The summed E-state index contributed by atoms with van der Waals surface area (Å²) in [4.78, 5) is 13.4. The maximum atomic E-state index is 12.4. The molecule has 0 saturated carbocycles. The summed E-state index contributed by atoms with van der Waals surface area (Å²) in [5.41, 5.74) is 3.56. The third kappa shape index (κ3) is 3.96. The summed E-state index contributed by atoms with van der Waals surface area (Å²) in [5, 5.41) is 10.8. The van der Waals surface area contributed by atoms with Gasteiger partial charge in [0.05, 0.1) is 23.2 Å². The third-order valence-electron chi connectivity index (χ3n) is 4.14. The van der Waals surface area contributed by atoms with Gasteiger partial charge in [-0.3, -0.25) is 14.2 Å². The van der Waals surface area contributed by atoms with E-state index in [-0.39, 0.29) is 5.78 Å². The molecule has 0 aliphatic heterocycles. The minimum absolute atomic E-state index is 0.0731. The highest BCUT2D eigenvalue weighted by atomic mass is 32.1. The Labute approximate surface area is 161 Å². The Morgan fingerprint density at radius 1 is 1.15 bits per heavy atom. The van der Waals surface area contributed by atoms with Gasteiger partial charge in [0.1, 0.15) is 5.69 Å². The van der Waals surface area contributed by atoms with Crippen molar-refractivity contribution in [2.24, 2.45) is 7.05 Å². The molecular weight excluding hydrogens is 356 g/mol. The molecule has 0 bridgehead atoms. The summed E-state index contributed by atoms with van der Waals surface area (Å²) >= 11 is 1.64. The fourth-order valence-electron chi connectivity index (χ4n) is 2.83. The first-order chi connectivity index (χ1) is 13.2. The lowest BCUT2D eigenvalue weighted by Gasteiger charge is -2.00. The van der Waals surface area contributed by atoms with Gasteiger partial charge in [-0.15, -0.1) is 11.3 Å². The molecule has 0 unspecified atom stereocenters. The van der Waals surface area contributed by atoms with Crippen molar-refractivity contribution in [3.05, 3.63) is 89.2 Å². The zero-order valence-corrected chi connectivity index (χ0v) is 15.6. The molecule has 0 spiro atoms. The first kappa shape index (κ1) is 17.2. The molecule has 5 nitrogen and oxygen atoms in total. The number of carbonyl (C=O) groups excluding carboxylic acids is 1. The van der Waals surface area contributed by atoms with Crippen molar-refractivity contribution in [1.82, 2.24) is 19.6 Å². The van der Waals surface area contributed by atoms with E-state index in [1.165, 1.54) is 5.56 Å². The van der Waals surface area contributed by atoms with E-state index in [4.69, 9.17) is 5.10 Å². The van der Waals surface area contributed by atoms with Crippen molar-refractivity contribution in [3.63, 3.8) is 0 Å². The van der Waals surface area contributed by atoms with Crippen molar-refractivity contribution >= 4 is 23.2 Å². The minimum Gasteiger partial charge on any atom is -0.289 e. The largest absolute Gasteiger partial charge is 0.289 e. The van der Waals surface area contributed by atoms with Crippen LogP contribution >= 0.6 is 11.3 Å². The summed E-state index contributed by atoms with van der Waals surface area (Å²) in [6.45, 7) is 0.684. The molecule has 0 radical (unpaired) electrons. The predicted molar refractivity (Wildman–Crippen MR) is 108 cm³/mol. The number of nitrogens with zero attached hydrogens (tertiary/aromatic N) is 4. The zero-order valence-electron chi connectivity index (χ0n) is 14.8. The summed E-state index contributed by atoms with van der Waals surface area (Å²) < 4.78 is 3.54. The smallest absolute Gasteiger partial charge is 0.189 e. The van der Waals surface area contributed by atoms with Gasteiger partial charge in [0.2, 0.25) is 0 Å². The van der Waals surface area contributed by atoms with Crippen LogP contribution in [0.15, 0.2) is 72.5 Å². The SMILES string of the molecule is Cn1cc(C(=O)C=Cc2cn(Cc3ccccc3)nc2-c2cccs2)cn1. The molecule has 0 aliphatic rings. The number of benzene rings is 1. The van der Waals surface area contributed by atoms with Crippen molar-refractivity contribution in [2.45, 2.75) is 6.54 Å². The fourth-order valence-corrected chi connectivity index (χ4v) is 3.56. The Morgan fingerprint density at radius 3 is 2.70 bits per heavy atom. The molecule has 1 aromatic carbocycles. The van der Waals surface area contributed by atoms with E-state index < -0.39 is 0 Å². The number of aromatic nitrogens is 4. The molecule has 0 fully saturated rings. The Kier molecular flexibility index (Phi) is 4.80. The molecule has 0 atom stereocenters. The van der Waals surface area contributed by atoms with Gasteiger partial charge in [0.15, 0.2) is 5.78 Å². The fraction of sp³-hybridized carbons (Fsp3) is 0.0952. The third-order valence-corrected chi connectivity index (χ3v) is 5.01. The number of ketones is 1. The van der Waals surface area contributed by atoms with Crippen molar-refractivity contribution in [3.8, 4) is 10.6 Å². The summed E-state index contributed by atoms with van der Waals surface area (Å²) in [5.74, 6) is -0.0731. The molecule has 0 saturated heterocycles. The number of aryl methyl sites for hydroxylation is 1. The Morgan fingerprint density at radius 2 is 2.00 bits per heavy atom. The number of allylic oxidation sites excluding steroid dienone is 1. The maximum absolute atomic E-state index is 12.4. The molecule has 0 N–H and O–H groups in total. The van der Waals surface area contributed by atoms with Crippen molar-refractivity contribution in [2.75, 3.05) is 0 Å². The van der Waals surface area contributed by atoms with E-state index in [2.05, 4.69) is 17.2 Å². The first-order valence-electron chi connectivity index (χ1n) is 8.55. The average molecular weight is 374 g/mol. The van der Waals surface area contributed by atoms with Gasteiger partial charge in [0.25, 0.3) is 0 Å². The Bertz CT molecular complexity index is 1070. The van der Waals surface area contributed by atoms with Crippen LogP contribution < -0.4 is 0 Å². The molecular formula is C21H18N4OS. The van der Waals surface area contributed by atoms with Gasteiger partial charge < -0.3 is 0 Å². The number of rotatable bonds is 6. The molecule has 27 heavy (non-hydrogen) atoms. The van der Waals surface area contributed by atoms with Crippen molar-refractivity contribution in [1.29, 1.82) is 0 Å². The van der Waals surface area contributed by atoms with Crippen LogP contribution in [0.2, 0.25) is 0 Å². The summed E-state index contributed by atoms with van der Waals surface area (Å²) in [6, 6.07) is 14.2. The first-order valence-corrected chi connectivity index (χ1v) is 9.43. The van der Waals surface area contributed by atoms with Gasteiger partial charge in [-0.25, -0.2) is 0 Å². The second kappa shape index (κ2) is 7.55. The molecule has 134 valence electrons. The van der Waals surface area contributed by atoms with Crippen LogP contribution in [0.3, 0.4) is 0 Å². The van der Waals surface area contributed by atoms with Crippen LogP contribution in [0.25, 0.3) is 16.6 Å². The standard InChI is InChI=1S/C21H18N4OS/c1-24-14-18(12-22-24)19(26)10-9-17-15-25(13-16-6-3-2-4-7-16)23-21(17)20-8-5-11-27-20/h2-12,14-15H,13H2,1H3. The van der Waals surface area contributed by atoms with Crippen molar-refractivity contribution < 1.29 is 4.79 Å². The van der Waals surface area contributed by atoms with E-state index in [9.17, 15) is 4.79 Å². The predicted octanol–water partition coefficient (Wildman–Crippen LogP) is 4.29. The van der Waals surface area contributed by atoms with E-state index in [0.717, 1.165) is 16.1 Å². The number of hydrogen-bond acceptors (Lipinski definition) is 4. The monoisotopic (exact) mass is 374 g/mol. The lowest BCUT2D eigenvalue weighted by atomic mass is 10.1. The Balaban J connectivity index is 1.64. The van der Waals surface area contributed by atoms with Crippen LogP contribution in [0.5, 0.6) is 0 Å². The average Bonchev–Trinajstić information content (AvgIpc) is 3.41. The second-order valence-corrected chi connectivity index (χ2v) is 7.14. The molecule has 4 aromatic rings. The molecule has 0 amide bonds. The highest BCUT2D eigenvalue weighted by molar-refractivity contribution is 7.13. The van der Waals surface area contributed by atoms with Crippen LogP contribution in [0, 0.1) is 0 Å². The summed E-state index contributed by atoms with van der Waals surface area (Å²) in [7, 11) is 1.79. The minimum atomic E-state index is -0.0731. The van der Waals surface area contributed by atoms with E-state index in [1.54, 1.807) is 41.5 Å². The van der Waals surface area contributed by atoms with Gasteiger partial charge >= 0.3 is 0 Å². The molecule has 3 heterocycles. The van der Waals surface area contributed by atoms with E-state index in [1.807, 2.05) is 52.7 Å². The topological polar surface area (TPSA) is 52.7 Å². The van der Waals surface area contributed by atoms with Crippen LogP contribution in [0.4, 0.5) is 0 Å². The van der Waals surface area contributed by atoms with Crippen LogP contribution in [0.1, 0.15) is 21.5 Å². The van der Waals surface area contributed by atoms with E-state index in [0.29, 0.717) is 12.1 Å². The van der Waals surface area contributed by atoms with Gasteiger partial charge in [-0.1, -0.05) is 36.4 Å². The number of hydrogen-bond donors (Lipinski definition) is 0. The molecule has 4 rings (SSSR count). The normalized spacial score (nSPS) is 11.3. The second-order valence-electron chi connectivity index (χ2n) is 6.19. The summed E-state index contributed by atoms with van der Waals surface area (Å²) in [6.07, 6.45) is 8.68. The highest BCUT2D eigenvalue weighted by Crippen LogP contribution is 2.28. The zero-order chi connectivity index (χ0) is 18.6. The quantitative estimate of drug-likeness (QED) is 0.374. The lowest BCUT2D eigenvalue weighted by molar-refractivity contribution is 0.104. The lowest BCUT2D eigenvalue weighted by Crippen LogP contribution is -1.99. The number of thiophene rings is 1. The molecule has 0 aliphatic carbocycles. The van der Waals surface area contributed by atoms with Gasteiger partial charge in [0, 0.05) is 25.0 Å². The van der Waals surface area contributed by atoms with Gasteiger partial charge in [-0.2, -0.15) is 10.2 Å². The molecule has 6 heteroatoms. The van der Waals surface area contributed by atoms with Crippen LogP contribution in [-0.2, 0) is 13.6 Å². The number of carbonyl (C=O) groups is 1. The molecule has 3 aromatic heterocycles. The van der Waals surface area contributed by atoms with E-state index >= 15 is 0 Å². The highest BCUT2D eigenvalue weighted by Gasteiger charge is 2.12. The van der Waals surface area contributed by atoms with Crippen LogP contribution in [-0.4, -0.2) is 25.3 Å².